The SMILES string of the molecule is CC(=O)O.O=C(c1ccc2c(c1)OCO2)N1CCCCN(C(=O)C2CCOCC2)CCCOc2cccc(c2)-c2nccn2CC1. The number of ether oxygens (including phenoxy) is 4. The second-order valence-corrected chi connectivity index (χ2v) is 11.5. The molecule has 3 aliphatic heterocycles. The van der Waals surface area contributed by atoms with Crippen molar-refractivity contribution in [3.8, 4) is 28.6 Å². The topological polar surface area (TPSA) is 133 Å². The van der Waals surface area contributed by atoms with Crippen molar-refractivity contribution in [1.82, 2.24) is 19.4 Å². The second kappa shape index (κ2) is 16.1. The van der Waals surface area contributed by atoms with E-state index in [1.165, 1.54) is 0 Å². The molecule has 2 amide bonds. The molecule has 1 aromatic heterocycles. The average Bonchev–Trinajstić information content (AvgIpc) is 3.74. The molecule has 3 aromatic rings. The highest BCUT2D eigenvalue weighted by molar-refractivity contribution is 5.95. The highest BCUT2D eigenvalue weighted by Crippen LogP contribution is 2.33. The van der Waals surface area contributed by atoms with E-state index >= 15 is 0 Å². The molecule has 0 atom stereocenters. The van der Waals surface area contributed by atoms with Gasteiger partial charge in [-0.2, -0.15) is 0 Å². The van der Waals surface area contributed by atoms with Gasteiger partial charge >= 0.3 is 0 Å². The van der Waals surface area contributed by atoms with E-state index in [1.54, 1.807) is 24.4 Å². The van der Waals surface area contributed by atoms with Crippen LogP contribution < -0.4 is 14.2 Å². The maximum atomic E-state index is 13.8. The molecule has 2 bridgehead atoms. The number of benzene rings is 2. The van der Waals surface area contributed by atoms with Gasteiger partial charge < -0.3 is 38.4 Å². The van der Waals surface area contributed by atoms with Gasteiger partial charge in [0, 0.05) is 82.3 Å². The number of carbonyl (C=O) groups excluding carboxylic acids is 2. The molecule has 1 fully saturated rings. The van der Waals surface area contributed by atoms with Gasteiger partial charge in [-0.3, -0.25) is 14.4 Å². The normalized spacial score (nSPS) is 17.5. The van der Waals surface area contributed by atoms with Crippen molar-refractivity contribution < 1.29 is 38.4 Å². The van der Waals surface area contributed by atoms with Gasteiger partial charge in [-0.15, -0.1) is 0 Å². The van der Waals surface area contributed by atoms with E-state index in [0.717, 1.165) is 56.2 Å². The first-order chi connectivity index (χ1) is 22.4. The van der Waals surface area contributed by atoms with Gasteiger partial charge in [-0.05, 0) is 62.4 Å². The predicted octanol–water partition coefficient (Wildman–Crippen LogP) is 4.33. The quantitative estimate of drug-likeness (QED) is 0.438. The van der Waals surface area contributed by atoms with E-state index in [-0.39, 0.29) is 24.5 Å². The van der Waals surface area contributed by atoms with Crippen molar-refractivity contribution in [1.29, 1.82) is 0 Å². The summed E-state index contributed by atoms with van der Waals surface area (Å²) in [5.41, 5.74) is 1.52. The van der Waals surface area contributed by atoms with Crippen LogP contribution >= 0.6 is 0 Å². The molecule has 46 heavy (non-hydrogen) atoms. The number of imidazole rings is 1. The van der Waals surface area contributed by atoms with Crippen LogP contribution in [0.3, 0.4) is 0 Å². The average molecular weight is 635 g/mol. The smallest absolute Gasteiger partial charge is 0.300 e. The highest BCUT2D eigenvalue weighted by atomic mass is 16.7. The maximum Gasteiger partial charge on any atom is 0.300 e. The summed E-state index contributed by atoms with van der Waals surface area (Å²) in [5, 5.41) is 7.42. The lowest BCUT2D eigenvalue weighted by Gasteiger charge is -2.30. The van der Waals surface area contributed by atoms with Crippen LogP contribution in [0.1, 0.15) is 49.4 Å². The van der Waals surface area contributed by atoms with Crippen LogP contribution in [0.25, 0.3) is 11.4 Å². The minimum atomic E-state index is -0.833. The number of aliphatic carboxylic acids is 1. The Kier molecular flexibility index (Phi) is 11.5. The van der Waals surface area contributed by atoms with E-state index in [2.05, 4.69) is 9.55 Å². The number of hydrogen-bond acceptors (Lipinski definition) is 8. The Bertz CT molecular complexity index is 1480. The van der Waals surface area contributed by atoms with Gasteiger partial charge in [-0.25, -0.2) is 4.98 Å². The van der Waals surface area contributed by atoms with Crippen molar-refractivity contribution in [2.45, 2.75) is 45.6 Å². The largest absolute Gasteiger partial charge is 0.494 e. The molecule has 0 aliphatic carbocycles. The third kappa shape index (κ3) is 8.78. The number of carboxylic acid groups (broad SMARTS) is 1. The fourth-order valence-electron chi connectivity index (χ4n) is 5.82. The molecular weight excluding hydrogens is 592 g/mol. The van der Waals surface area contributed by atoms with Crippen molar-refractivity contribution in [3.63, 3.8) is 0 Å². The molecule has 0 unspecified atom stereocenters. The van der Waals surface area contributed by atoms with Crippen molar-refractivity contribution >= 4 is 17.8 Å². The summed E-state index contributed by atoms with van der Waals surface area (Å²) in [6.07, 6.45) is 7.59. The third-order valence-electron chi connectivity index (χ3n) is 8.15. The number of hydrogen-bond donors (Lipinski definition) is 1. The van der Waals surface area contributed by atoms with E-state index in [9.17, 15) is 9.59 Å². The van der Waals surface area contributed by atoms with Crippen molar-refractivity contribution in [2.24, 2.45) is 5.92 Å². The second-order valence-electron chi connectivity index (χ2n) is 11.5. The first-order valence-corrected chi connectivity index (χ1v) is 15.9. The monoisotopic (exact) mass is 634 g/mol. The van der Waals surface area contributed by atoms with E-state index in [0.29, 0.717) is 69.6 Å². The summed E-state index contributed by atoms with van der Waals surface area (Å²) in [7, 11) is 0. The van der Waals surface area contributed by atoms with Gasteiger partial charge in [0.15, 0.2) is 11.5 Å². The number of carbonyl (C=O) groups is 3. The van der Waals surface area contributed by atoms with Gasteiger partial charge in [0.05, 0.1) is 6.61 Å². The molecule has 12 nitrogen and oxygen atoms in total. The van der Waals surface area contributed by atoms with E-state index in [4.69, 9.17) is 28.8 Å². The molecule has 4 heterocycles. The van der Waals surface area contributed by atoms with Crippen LogP contribution in [0.15, 0.2) is 54.9 Å². The van der Waals surface area contributed by atoms with Gasteiger partial charge in [0.1, 0.15) is 11.6 Å². The standard InChI is InChI=1S/C32H38N4O6.C2H4O2/c37-31(24-9-19-39-20-10-24)35-12-1-2-13-36(32(38)26-7-8-28-29(22-26)42-23-41-28)17-16-34-15-11-33-30(34)25-5-3-6-27(21-25)40-18-4-14-35;1-2(3)4/h3,5-8,11,15,21-22,24H,1-2,4,9-10,12-14,16-20,23H2;1H3,(H,3,4). The number of fused-ring (bicyclic) bond motifs is 5. The van der Waals surface area contributed by atoms with Crippen LogP contribution in [-0.2, 0) is 20.9 Å². The number of nitrogens with zero attached hydrogens (tertiary/aromatic N) is 4. The molecule has 1 saturated heterocycles. The van der Waals surface area contributed by atoms with Crippen LogP contribution in [0.2, 0.25) is 0 Å². The lowest BCUT2D eigenvalue weighted by atomic mass is 9.98. The Hall–Kier alpha value is -4.58. The summed E-state index contributed by atoms with van der Waals surface area (Å²) in [6.45, 7) is 6.01. The zero-order chi connectivity index (χ0) is 32.3. The van der Waals surface area contributed by atoms with Gasteiger partial charge in [-0.1, -0.05) is 12.1 Å². The minimum absolute atomic E-state index is 0.0110. The Balaban J connectivity index is 0.000000985. The fourth-order valence-corrected chi connectivity index (χ4v) is 5.82. The summed E-state index contributed by atoms with van der Waals surface area (Å²) >= 11 is 0. The van der Waals surface area contributed by atoms with Gasteiger partial charge in [0.25, 0.3) is 11.9 Å². The molecule has 2 aromatic carbocycles. The predicted molar refractivity (Wildman–Crippen MR) is 169 cm³/mol. The Morgan fingerprint density at radius 1 is 0.826 bits per heavy atom. The van der Waals surface area contributed by atoms with Crippen molar-refractivity contribution in [2.75, 3.05) is 52.8 Å². The lowest BCUT2D eigenvalue weighted by molar-refractivity contribution is -0.139. The van der Waals surface area contributed by atoms with Crippen LogP contribution in [0.5, 0.6) is 17.2 Å². The Labute approximate surface area is 268 Å². The summed E-state index contributed by atoms with van der Waals surface area (Å²) in [4.78, 5) is 44.7. The summed E-state index contributed by atoms with van der Waals surface area (Å²) < 4.78 is 24.6. The number of rotatable bonds is 2. The molecular formula is C34H42N4O8. The zero-order valence-corrected chi connectivity index (χ0v) is 26.3. The summed E-state index contributed by atoms with van der Waals surface area (Å²) in [5.74, 6) is 2.17. The maximum absolute atomic E-state index is 13.8. The van der Waals surface area contributed by atoms with Crippen molar-refractivity contribution in [3.05, 3.63) is 60.4 Å². The Morgan fingerprint density at radius 3 is 2.37 bits per heavy atom. The number of carboxylic acids is 1. The molecule has 0 spiro atoms. The van der Waals surface area contributed by atoms with Gasteiger partial charge in [0.2, 0.25) is 12.7 Å². The van der Waals surface area contributed by atoms with E-state index in [1.807, 2.05) is 40.3 Å². The van der Waals surface area contributed by atoms with Crippen LogP contribution in [0, 0.1) is 5.92 Å². The molecule has 1 N–H and O–H groups in total. The number of amides is 2. The molecule has 0 radical (unpaired) electrons. The fraction of sp³-hybridized carbons (Fsp3) is 0.471. The molecule has 0 saturated carbocycles. The Morgan fingerprint density at radius 2 is 1.57 bits per heavy atom. The molecule has 6 rings (SSSR count). The minimum Gasteiger partial charge on any atom is -0.494 e. The lowest BCUT2D eigenvalue weighted by Crippen LogP contribution is -2.40. The molecule has 12 heteroatoms. The van der Waals surface area contributed by atoms with E-state index < -0.39 is 5.97 Å². The summed E-state index contributed by atoms with van der Waals surface area (Å²) in [6, 6.07) is 13.3. The van der Waals surface area contributed by atoms with Crippen LogP contribution in [-0.4, -0.2) is 95.0 Å². The number of aromatic nitrogens is 2. The zero-order valence-electron chi connectivity index (χ0n) is 26.3. The first-order valence-electron chi connectivity index (χ1n) is 15.9. The third-order valence-corrected chi connectivity index (χ3v) is 8.15. The van der Waals surface area contributed by atoms with Crippen LogP contribution in [0.4, 0.5) is 0 Å². The molecule has 3 aliphatic rings. The first kappa shape index (κ1) is 32.8. The highest BCUT2D eigenvalue weighted by Gasteiger charge is 2.26. The molecule has 246 valence electrons.